The zero-order valence-electron chi connectivity index (χ0n) is 20.9. The van der Waals surface area contributed by atoms with Crippen LogP contribution < -0.4 is 14.4 Å². The predicted molar refractivity (Wildman–Crippen MR) is 133 cm³/mol. The lowest BCUT2D eigenvalue weighted by atomic mass is 10.1. The van der Waals surface area contributed by atoms with E-state index >= 15 is 0 Å². The molecule has 9 nitrogen and oxygen atoms in total. The van der Waals surface area contributed by atoms with Crippen molar-refractivity contribution in [3.63, 3.8) is 0 Å². The summed E-state index contributed by atoms with van der Waals surface area (Å²) in [6.07, 6.45) is 1.30. The van der Waals surface area contributed by atoms with E-state index in [2.05, 4.69) is 4.98 Å². The van der Waals surface area contributed by atoms with Crippen LogP contribution in [0.4, 0.5) is 5.69 Å². The summed E-state index contributed by atoms with van der Waals surface area (Å²) >= 11 is 0. The lowest BCUT2D eigenvalue weighted by Crippen LogP contribution is -2.38. The molecule has 1 aromatic heterocycles. The van der Waals surface area contributed by atoms with Gasteiger partial charge in [0.1, 0.15) is 24.3 Å². The molecule has 0 aliphatic carbocycles. The van der Waals surface area contributed by atoms with E-state index in [-0.39, 0.29) is 48.9 Å². The first-order chi connectivity index (χ1) is 17.3. The lowest BCUT2D eigenvalue weighted by Gasteiger charge is -2.28. The van der Waals surface area contributed by atoms with Crippen molar-refractivity contribution < 1.29 is 28.3 Å². The molecule has 1 aliphatic heterocycles. The third-order valence-corrected chi connectivity index (χ3v) is 6.19. The molecule has 0 unspecified atom stereocenters. The number of aryl methyl sites for hydroxylation is 2. The number of aromatic nitrogens is 1. The first kappa shape index (κ1) is 25.0. The van der Waals surface area contributed by atoms with Crippen molar-refractivity contribution in [1.29, 1.82) is 0 Å². The third kappa shape index (κ3) is 5.25. The number of ether oxygens (including phenoxy) is 2. The molecule has 0 N–H and O–H groups in total. The topological polar surface area (TPSA) is 102 Å². The Morgan fingerprint density at radius 1 is 1.08 bits per heavy atom. The number of nitrogens with zero attached hydrogens (tertiary/aromatic N) is 3. The van der Waals surface area contributed by atoms with Crippen LogP contribution in [0.5, 0.6) is 11.5 Å². The van der Waals surface area contributed by atoms with Crippen molar-refractivity contribution in [2.24, 2.45) is 0 Å². The molecule has 0 bridgehead atoms. The highest BCUT2D eigenvalue weighted by Gasteiger charge is 2.29. The quantitative estimate of drug-likeness (QED) is 0.418. The fourth-order valence-electron chi connectivity index (χ4n) is 3.87. The molecule has 0 spiro atoms. The van der Waals surface area contributed by atoms with E-state index < -0.39 is 0 Å². The zero-order valence-corrected chi connectivity index (χ0v) is 20.9. The number of carbonyl (C=O) groups is 3. The molecule has 0 saturated carbocycles. The molecule has 0 fully saturated rings. The molecule has 3 aromatic rings. The van der Waals surface area contributed by atoms with Crippen LogP contribution in [-0.2, 0) is 11.3 Å². The number of oxazole rings is 1. The first-order valence-electron chi connectivity index (χ1n) is 11.8. The number of ketones is 1. The second kappa shape index (κ2) is 10.6. The molecule has 2 amide bonds. The third-order valence-electron chi connectivity index (χ3n) is 6.19. The predicted octanol–water partition coefficient (Wildman–Crippen LogP) is 3.96. The van der Waals surface area contributed by atoms with Gasteiger partial charge in [-0.15, -0.1) is 0 Å². The molecule has 36 heavy (non-hydrogen) atoms. The smallest absolute Gasteiger partial charge is 0.275 e. The summed E-state index contributed by atoms with van der Waals surface area (Å²) in [4.78, 5) is 45.5. The van der Waals surface area contributed by atoms with Crippen LogP contribution in [0.1, 0.15) is 51.7 Å². The molecule has 2 aromatic carbocycles. The number of Topliss-reactive ketones (excluding diaryl/α,β-unsaturated/α-hetero) is 1. The van der Waals surface area contributed by atoms with Crippen molar-refractivity contribution in [2.45, 2.75) is 34.2 Å². The van der Waals surface area contributed by atoms with E-state index in [1.165, 1.54) is 11.2 Å². The molecular formula is C27H29N3O6. The molecular weight excluding hydrogens is 462 g/mol. The fraction of sp³-hybridized carbons (Fsp3) is 0.333. The maximum atomic E-state index is 12.9. The largest absolute Gasteiger partial charge is 0.485 e. The van der Waals surface area contributed by atoms with Crippen LogP contribution in [-0.4, -0.2) is 53.8 Å². The van der Waals surface area contributed by atoms with E-state index in [9.17, 15) is 14.4 Å². The van der Waals surface area contributed by atoms with Crippen LogP contribution in [0, 0.1) is 13.8 Å². The molecule has 4 rings (SSSR count). The van der Waals surface area contributed by atoms with Gasteiger partial charge in [0, 0.05) is 18.7 Å². The minimum absolute atomic E-state index is 0.00247. The van der Waals surface area contributed by atoms with Gasteiger partial charge in [0.2, 0.25) is 5.89 Å². The van der Waals surface area contributed by atoms with Gasteiger partial charge < -0.3 is 18.8 Å². The maximum Gasteiger partial charge on any atom is 0.275 e. The average molecular weight is 492 g/mol. The first-order valence-corrected chi connectivity index (χ1v) is 11.8. The summed E-state index contributed by atoms with van der Waals surface area (Å²) in [5.74, 6) is 0.503. The Morgan fingerprint density at radius 3 is 2.58 bits per heavy atom. The Labute approximate surface area is 209 Å². The number of benzene rings is 2. The Hall–Kier alpha value is -4.14. The summed E-state index contributed by atoms with van der Waals surface area (Å²) in [6.45, 7) is 8.57. The molecule has 1 aliphatic rings. The van der Waals surface area contributed by atoms with Gasteiger partial charge in [-0.1, -0.05) is 6.07 Å². The number of hydrogen-bond acceptors (Lipinski definition) is 7. The molecule has 188 valence electrons. The molecule has 0 radical (unpaired) electrons. The van der Waals surface area contributed by atoms with E-state index in [0.717, 1.165) is 11.1 Å². The van der Waals surface area contributed by atoms with Gasteiger partial charge in [0.05, 0.1) is 5.69 Å². The highest BCUT2D eigenvalue weighted by Crippen LogP contribution is 2.34. The van der Waals surface area contributed by atoms with Gasteiger partial charge in [-0.2, -0.15) is 0 Å². The Kier molecular flexibility index (Phi) is 7.38. The van der Waals surface area contributed by atoms with Gasteiger partial charge in [-0.3, -0.25) is 19.3 Å². The van der Waals surface area contributed by atoms with Crippen molar-refractivity contribution in [2.75, 3.05) is 31.2 Å². The fourth-order valence-corrected chi connectivity index (χ4v) is 3.87. The molecule has 2 heterocycles. The Bertz CT molecular complexity index is 1290. The Balaban J connectivity index is 1.51. The number of amides is 2. The van der Waals surface area contributed by atoms with Crippen molar-refractivity contribution >= 4 is 23.3 Å². The number of hydrogen-bond donors (Lipinski definition) is 0. The molecule has 0 atom stereocenters. The second-order valence-electron chi connectivity index (χ2n) is 8.51. The molecule has 9 heteroatoms. The van der Waals surface area contributed by atoms with Gasteiger partial charge in [0.15, 0.2) is 24.7 Å². The van der Waals surface area contributed by atoms with Crippen LogP contribution in [0.2, 0.25) is 0 Å². The SMILES string of the molecule is CCN(CC)C(=O)c1coc(CN2C(=O)COc3ccc(C(=O)COc4ccc(C)c(C)c4)cc32)n1. The van der Waals surface area contributed by atoms with E-state index in [1.54, 1.807) is 23.1 Å². The van der Waals surface area contributed by atoms with Crippen LogP contribution in [0.15, 0.2) is 47.1 Å². The highest BCUT2D eigenvalue weighted by molar-refractivity contribution is 6.02. The minimum atomic E-state index is -0.312. The van der Waals surface area contributed by atoms with Crippen molar-refractivity contribution in [1.82, 2.24) is 9.88 Å². The minimum Gasteiger partial charge on any atom is -0.485 e. The van der Waals surface area contributed by atoms with Crippen LogP contribution in [0.3, 0.4) is 0 Å². The van der Waals surface area contributed by atoms with E-state index in [1.807, 2.05) is 45.9 Å². The van der Waals surface area contributed by atoms with Crippen molar-refractivity contribution in [3.8, 4) is 11.5 Å². The number of rotatable bonds is 9. The van der Waals surface area contributed by atoms with Crippen LogP contribution >= 0.6 is 0 Å². The van der Waals surface area contributed by atoms with Crippen molar-refractivity contribution in [3.05, 3.63) is 70.9 Å². The summed E-state index contributed by atoms with van der Waals surface area (Å²) in [7, 11) is 0. The van der Waals surface area contributed by atoms with E-state index in [0.29, 0.717) is 35.8 Å². The average Bonchev–Trinajstić information content (AvgIpc) is 3.35. The van der Waals surface area contributed by atoms with E-state index in [4.69, 9.17) is 13.9 Å². The standard InChI is InChI=1S/C27H29N3O6/c1-5-29(6-2)27(33)21-14-36-25(28-21)13-30-22-12-19(8-10-24(22)35-16-26(30)32)23(31)15-34-20-9-7-17(3)18(4)11-20/h7-12,14H,5-6,13,15-16H2,1-4H3. The Morgan fingerprint density at radius 2 is 1.86 bits per heavy atom. The number of fused-ring (bicyclic) bond motifs is 1. The van der Waals surface area contributed by atoms with Crippen LogP contribution in [0.25, 0.3) is 0 Å². The summed E-state index contributed by atoms with van der Waals surface area (Å²) < 4.78 is 16.7. The second-order valence-corrected chi connectivity index (χ2v) is 8.51. The summed E-state index contributed by atoms with van der Waals surface area (Å²) in [5, 5.41) is 0. The van der Waals surface area contributed by atoms with Gasteiger partial charge in [-0.25, -0.2) is 4.98 Å². The molecule has 0 saturated heterocycles. The van der Waals surface area contributed by atoms with Gasteiger partial charge >= 0.3 is 0 Å². The normalized spacial score (nSPS) is 12.7. The number of anilines is 1. The summed E-state index contributed by atoms with van der Waals surface area (Å²) in [5.41, 5.74) is 3.21. The zero-order chi connectivity index (χ0) is 25.8. The van der Waals surface area contributed by atoms with Gasteiger partial charge in [0.25, 0.3) is 11.8 Å². The summed E-state index contributed by atoms with van der Waals surface area (Å²) in [6, 6.07) is 10.6. The number of carbonyl (C=O) groups excluding carboxylic acids is 3. The lowest BCUT2D eigenvalue weighted by molar-refractivity contribution is -0.121. The highest BCUT2D eigenvalue weighted by atomic mass is 16.5. The monoisotopic (exact) mass is 491 g/mol. The maximum absolute atomic E-state index is 12.9. The van der Waals surface area contributed by atoms with Gasteiger partial charge in [-0.05, 0) is 69.2 Å².